The summed E-state index contributed by atoms with van der Waals surface area (Å²) in [5.41, 5.74) is 11.2. The van der Waals surface area contributed by atoms with Crippen LogP contribution in [0, 0.1) is 11.8 Å². The number of rotatable bonds is 12. The zero-order valence-corrected chi connectivity index (χ0v) is 31.0. The van der Waals surface area contributed by atoms with Crippen LogP contribution in [0.5, 0.6) is 17.2 Å². The molecular formula is C41H48ClN3O5S. The fraction of sp³-hybridized carbons (Fsp3) is 0.366. The minimum absolute atomic E-state index is 0.0705. The van der Waals surface area contributed by atoms with Gasteiger partial charge in [0.2, 0.25) is 10.0 Å². The molecule has 6 rings (SSSR count). The lowest BCUT2D eigenvalue weighted by atomic mass is 9.69. The number of sulfonamides is 1. The standard InChI is InChI=1S/C41H48ClN3O5S/c1-4-39(43)38-20-13-32(38)27-44-22-6-5-7-31-23-34(42)14-12-33(31)28-50-41-21-19-37(24-40(41)44)51(46,47)45(25-29-8-15-35(48-2)16-9-29)26-30-10-17-36(49-3)18-11-30/h4,8-12,14-19,21,23-24,32,38-39H,1,5-7,13,20,22,25-28,43H2,2-3H3/t32-,38+,39-/m0/s1. The van der Waals surface area contributed by atoms with Crippen LogP contribution >= 0.6 is 11.6 Å². The number of nitrogens with two attached hydrogens (primary N) is 1. The van der Waals surface area contributed by atoms with Gasteiger partial charge in [0.25, 0.3) is 0 Å². The molecule has 0 aromatic heterocycles. The Kier molecular flexibility index (Phi) is 11.9. The average molecular weight is 730 g/mol. The summed E-state index contributed by atoms with van der Waals surface area (Å²) in [6, 6.07) is 26.2. The number of methoxy groups -OCH3 is 2. The first-order chi connectivity index (χ1) is 24.7. The normalized spacial score (nSPS) is 18.3. The van der Waals surface area contributed by atoms with Crippen molar-refractivity contribution in [2.75, 3.05) is 32.2 Å². The molecule has 10 heteroatoms. The van der Waals surface area contributed by atoms with E-state index in [4.69, 9.17) is 31.5 Å². The highest BCUT2D eigenvalue weighted by Gasteiger charge is 2.36. The van der Waals surface area contributed by atoms with Crippen molar-refractivity contribution in [1.82, 2.24) is 4.31 Å². The summed E-state index contributed by atoms with van der Waals surface area (Å²) < 4.78 is 48.3. The van der Waals surface area contributed by atoms with Gasteiger partial charge in [-0.05, 0) is 121 Å². The topological polar surface area (TPSA) is 94.3 Å². The maximum Gasteiger partial charge on any atom is 0.243 e. The van der Waals surface area contributed by atoms with Gasteiger partial charge in [-0.25, -0.2) is 8.42 Å². The molecule has 1 fully saturated rings. The van der Waals surface area contributed by atoms with E-state index in [2.05, 4.69) is 11.5 Å². The van der Waals surface area contributed by atoms with Crippen LogP contribution in [0.4, 0.5) is 5.69 Å². The SMILES string of the molecule is C=C[C@H](N)[C@@H]1CC[C@H]1CN1CCCCc2cc(Cl)ccc2COc2ccc(S(=O)(=O)N(Cc3ccc(OC)cc3)Cc3ccc(OC)cc3)cc21. The van der Waals surface area contributed by atoms with E-state index in [1.807, 2.05) is 84.9 Å². The van der Waals surface area contributed by atoms with Crippen LogP contribution in [0.3, 0.4) is 0 Å². The van der Waals surface area contributed by atoms with Gasteiger partial charge in [-0.2, -0.15) is 4.31 Å². The van der Waals surface area contributed by atoms with Gasteiger partial charge in [-0.3, -0.25) is 0 Å². The van der Waals surface area contributed by atoms with E-state index in [1.165, 1.54) is 9.87 Å². The van der Waals surface area contributed by atoms with Crippen LogP contribution in [-0.4, -0.2) is 46.1 Å². The molecule has 4 aromatic rings. The third-order valence-electron chi connectivity index (χ3n) is 10.3. The summed E-state index contributed by atoms with van der Waals surface area (Å²) in [4.78, 5) is 2.54. The Morgan fingerprint density at radius 2 is 1.59 bits per heavy atom. The molecule has 0 radical (unpaired) electrons. The van der Waals surface area contributed by atoms with E-state index >= 15 is 0 Å². The van der Waals surface area contributed by atoms with Gasteiger partial charge >= 0.3 is 0 Å². The Hall–Kier alpha value is -4.02. The predicted octanol–water partition coefficient (Wildman–Crippen LogP) is 8.01. The van der Waals surface area contributed by atoms with E-state index in [0.717, 1.165) is 67.6 Å². The van der Waals surface area contributed by atoms with Crippen LogP contribution in [-0.2, 0) is 36.1 Å². The van der Waals surface area contributed by atoms with E-state index in [9.17, 15) is 8.42 Å². The lowest BCUT2D eigenvalue weighted by Crippen LogP contribution is -2.46. The lowest BCUT2D eigenvalue weighted by Gasteiger charge is -2.43. The molecule has 3 atom stereocenters. The molecule has 270 valence electrons. The summed E-state index contributed by atoms with van der Waals surface area (Å²) >= 11 is 6.39. The second-order valence-electron chi connectivity index (χ2n) is 13.5. The summed E-state index contributed by atoms with van der Waals surface area (Å²) in [5, 5.41) is 0.712. The largest absolute Gasteiger partial charge is 0.497 e. The van der Waals surface area contributed by atoms with Crippen molar-refractivity contribution in [2.45, 2.75) is 62.7 Å². The van der Waals surface area contributed by atoms with Crippen LogP contribution in [0.15, 0.2) is 102 Å². The van der Waals surface area contributed by atoms with Gasteiger partial charge in [0.05, 0.1) is 24.8 Å². The number of hydrogen-bond acceptors (Lipinski definition) is 7. The molecule has 0 spiro atoms. The number of halogens is 1. The highest BCUT2D eigenvalue weighted by Crippen LogP contribution is 2.41. The minimum atomic E-state index is -3.99. The summed E-state index contributed by atoms with van der Waals surface area (Å²) in [6.45, 7) is 6.17. The van der Waals surface area contributed by atoms with Crippen molar-refractivity contribution in [1.29, 1.82) is 0 Å². The number of fused-ring (bicyclic) bond motifs is 2. The average Bonchev–Trinajstić information content (AvgIpc) is 3.16. The monoisotopic (exact) mass is 729 g/mol. The first-order valence-electron chi connectivity index (χ1n) is 17.6. The highest BCUT2D eigenvalue weighted by atomic mass is 35.5. The predicted molar refractivity (Wildman–Crippen MR) is 204 cm³/mol. The molecule has 1 heterocycles. The van der Waals surface area contributed by atoms with Crippen molar-refractivity contribution in [3.8, 4) is 17.2 Å². The fourth-order valence-corrected chi connectivity index (χ4v) is 8.74. The van der Waals surface area contributed by atoms with Gasteiger partial charge in [0, 0.05) is 37.2 Å². The highest BCUT2D eigenvalue weighted by molar-refractivity contribution is 7.89. The Morgan fingerprint density at radius 1 is 0.922 bits per heavy atom. The lowest BCUT2D eigenvalue weighted by molar-refractivity contribution is 0.164. The summed E-state index contributed by atoms with van der Waals surface area (Å²) in [6.07, 6.45) is 6.75. The van der Waals surface area contributed by atoms with Crippen molar-refractivity contribution in [3.05, 3.63) is 125 Å². The molecule has 4 aromatic carbocycles. The van der Waals surface area contributed by atoms with E-state index in [0.29, 0.717) is 40.7 Å². The smallest absolute Gasteiger partial charge is 0.243 e. The Labute approximate surface area is 307 Å². The number of ether oxygens (including phenoxy) is 3. The molecule has 0 bridgehead atoms. The molecule has 0 saturated heterocycles. The van der Waals surface area contributed by atoms with Gasteiger partial charge in [0.15, 0.2) is 0 Å². The first kappa shape index (κ1) is 36.8. The zero-order valence-electron chi connectivity index (χ0n) is 29.5. The van der Waals surface area contributed by atoms with Crippen molar-refractivity contribution >= 4 is 27.3 Å². The van der Waals surface area contributed by atoms with Crippen molar-refractivity contribution in [3.63, 3.8) is 0 Å². The molecule has 51 heavy (non-hydrogen) atoms. The number of benzene rings is 4. The molecule has 1 aliphatic heterocycles. The second kappa shape index (κ2) is 16.5. The van der Waals surface area contributed by atoms with Crippen molar-refractivity contribution in [2.24, 2.45) is 17.6 Å². The van der Waals surface area contributed by atoms with Crippen molar-refractivity contribution < 1.29 is 22.6 Å². The van der Waals surface area contributed by atoms with E-state index in [1.54, 1.807) is 20.3 Å². The van der Waals surface area contributed by atoms with Gasteiger partial charge in [-0.15, -0.1) is 6.58 Å². The molecule has 1 aliphatic carbocycles. The summed E-state index contributed by atoms with van der Waals surface area (Å²) in [7, 11) is -0.766. The van der Waals surface area contributed by atoms with Crippen LogP contribution in [0.2, 0.25) is 5.02 Å². The summed E-state index contributed by atoms with van der Waals surface area (Å²) in [5.74, 6) is 2.78. The maximum absolute atomic E-state index is 14.8. The molecule has 0 amide bonds. The molecule has 2 N–H and O–H groups in total. The third kappa shape index (κ3) is 8.72. The number of aryl methyl sites for hydroxylation is 1. The number of hydrogen-bond donors (Lipinski definition) is 1. The van der Waals surface area contributed by atoms with Crippen LogP contribution in [0.25, 0.3) is 0 Å². The van der Waals surface area contributed by atoms with Crippen LogP contribution in [0.1, 0.15) is 47.9 Å². The molecule has 2 aliphatic rings. The van der Waals surface area contributed by atoms with E-state index in [-0.39, 0.29) is 24.0 Å². The number of nitrogens with zero attached hydrogens (tertiary/aromatic N) is 2. The van der Waals surface area contributed by atoms with Gasteiger partial charge < -0.3 is 24.8 Å². The molecule has 1 saturated carbocycles. The fourth-order valence-electron chi connectivity index (χ4n) is 7.11. The quantitative estimate of drug-likeness (QED) is 0.148. The Bertz CT molecular complexity index is 1850. The van der Waals surface area contributed by atoms with Gasteiger partial charge in [-0.1, -0.05) is 48.0 Å². The number of anilines is 1. The first-order valence-corrected chi connectivity index (χ1v) is 19.4. The Balaban J connectivity index is 1.38. The zero-order chi connectivity index (χ0) is 36.0. The minimum Gasteiger partial charge on any atom is -0.497 e. The maximum atomic E-state index is 14.8. The van der Waals surface area contributed by atoms with Gasteiger partial charge in [0.1, 0.15) is 23.9 Å². The van der Waals surface area contributed by atoms with Crippen LogP contribution < -0.4 is 24.8 Å². The molecular weight excluding hydrogens is 682 g/mol. The Morgan fingerprint density at radius 3 is 2.18 bits per heavy atom. The second-order valence-corrected chi connectivity index (χ2v) is 15.9. The molecule has 8 nitrogen and oxygen atoms in total. The third-order valence-corrected chi connectivity index (χ3v) is 12.3. The van der Waals surface area contributed by atoms with E-state index < -0.39 is 10.0 Å². The molecule has 0 unspecified atom stereocenters.